The summed E-state index contributed by atoms with van der Waals surface area (Å²) in [5.41, 5.74) is 0. The van der Waals surface area contributed by atoms with Gasteiger partial charge in [0.05, 0.1) is 25.1 Å². The Labute approximate surface area is 158 Å². The van der Waals surface area contributed by atoms with E-state index in [-0.39, 0.29) is 0 Å². The molecule has 1 aliphatic heterocycles. The van der Waals surface area contributed by atoms with Crippen molar-refractivity contribution in [2.45, 2.75) is 58.1 Å². The van der Waals surface area contributed by atoms with Crippen molar-refractivity contribution in [1.29, 1.82) is 0 Å². The number of piperidine rings is 1. The van der Waals surface area contributed by atoms with Gasteiger partial charge in [-0.15, -0.1) is 0 Å². The molecule has 26 heavy (non-hydrogen) atoms. The number of hydrogen-bond acceptors (Lipinski definition) is 3. The molecule has 6 heteroatoms. The van der Waals surface area contributed by atoms with Crippen molar-refractivity contribution in [1.82, 2.24) is 19.8 Å². The number of rotatable bonds is 5. The summed E-state index contributed by atoms with van der Waals surface area (Å²) in [6, 6.07) is 0.448. The standard InChI is InChI=1S/C20H35N5O/c1-16-8-11-24(14-18(16)25-12-9-22-15-25)20(21-3)23-10-13-26-19-7-5-4-6-17(19)2/h9,12,15-19H,4-8,10-11,13-14H2,1-3H3,(H,21,23). The van der Waals surface area contributed by atoms with E-state index in [1.54, 1.807) is 0 Å². The molecule has 4 atom stereocenters. The number of hydrogen-bond donors (Lipinski definition) is 1. The number of aromatic nitrogens is 2. The Kier molecular flexibility index (Phi) is 6.94. The van der Waals surface area contributed by atoms with Crippen molar-refractivity contribution >= 4 is 5.96 Å². The number of nitrogens with one attached hydrogen (secondary N) is 1. The fraction of sp³-hybridized carbons (Fsp3) is 0.800. The first-order valence-electron chi connectivity index (χ1n) is 10.2. The molecular weight excluding hydrogens is 326 g/mol. The Morgan fingerprint density at radius 3 is 2.81 bits per heavy atom. The average Bonchev–Trinajstić information content (AvgIpc) is 3.18. The topological polar surface area (TPSA) is 54.7 Å². The Morgan fingerprint density at radius 2 is 2.08 bits per heavy atom. The quantitative estimate of drug-likeness (QED) is 0.498. The van der Waals surface area contributed by atoms with Crippen molar-refractivity contribution in [2.24, 2.45) is 16.8 Å². The van der Waals surface area contributed by atoms with Gasteiger partial charge in [-0.25, -0.2) is 4.98 Å². The molecule has 1 aliphatic carbocycles. The number of imidazole rings is 1. The third-order valence-electron chi connectivity index (χ3n) is 6.09. The fourth-order valence-corrected chi connectivity index (χ4v) is 4.33. The van der Waals surface area contributed by atoms with Crippen LogP contribution in [0.5, 0.6) is 0 Å². The van der Waals surface area contributed by atoms with E-state index in [0.717, 1.165) is 32.2 Å². The SMILES string of the molecule is CN=C(NCCOC1CCCCC1C)N1CCC(C)C(n2ccnc2)C1. The number of aliphatic imine (C=N–C) groups is 1. The van der Waals surface area contributed by atoms with Crippen LogP contribution < -0.4 is 5.32 Å². The molecule has 0 radical (unpaired) electrons. The molecule has 6 nitrogen and oxygen atoms in total. The van der Waals surface area contributed by atoms with Gasteiger partial charge >= 0.3 is 0 Å². The average molecular weight is 362 g/mol. The van der Waals surface area contributed by atoms with Crippen molar-refractivity contribution in [2.75, 3.05) is 33.3 Å². The Bertz CT molecular complexity index is 559. The maximum atomic E-state index is 6.13. The molecule has 146 valence electrons. The minimum Gasteiger partial charge on any atom is -0.376 e. The molecule has 1 aromatic heterocycles. The number of guanidine groups is 1. The van der Waals surface area contributed by atoms with Crippen LogP contribution in [0, 0.1) is 11.8 Å². The first kappa shape index (κ1) is 19.2. The fourth-order valence-electron chi connectivity index (χ4n) is 4.33. The lowest BCUT2D eigenvalue weighted by Gasteiger charge is -2.39. The highest BCUT2D eigenvalue weighted by atomic mass is 16.5. The van der Waals surface area contributed by atoms with Gasteiger partial charge in [0.15, 0.2) is 5.96 Å². The van der Waals surface area contributed by atoms with Crippen LogP contribution in [-0.2, 0) is 4.74 Å². The highest BCUT2D eigenvalue weighted by Gasteiger charge is 2.29. The van der Waals surface area contributed by atoms with E-state index >= 15 is 0 Å². The molecule has 1 saturated carbocycles. The molecule has 0 amide bonds. The Hall–Kier alpha value is -1.56. The molecule has 2 heterocycles. The Morgan fingerprint density at radius 1 is 1.23 bits per heavy atom. The minimum atomic E-state index is 0.439. The second-order valence-electron chi connectivity index (χ2n) is 7.93. The monoisotopic (exact) mass is 361 g/mol. The third kappa shape index (κ3) is 4.78. The molecule has 4 unspecified atom stereocenters. The maximum absolute atomic E-state index is 6.13. The number of nitrogens with zero attached hydrogens (tertiary/aromatic N) is 4. The van der Waals surface area contributed by atoms with Crippen molar-refractivity contribution < 1.29 is 4.74 Å². The van der Waals surface area contributed by atoms with E-state index in [1.165, 1.54) is 32.1 Å². The normalized spacial score (nSPS) is 30.4. The lowest BCUT2D eigenvalue weighted by Crippen LogP contribution is -2.49. The van der Waals surface area contributed by atoms with Crippen molar-refractivity contribution in [3.8, 4) is 0 Å². The predicted molar refractivity (Wildman–Crippen MR) is 105 cm³/mol. The first-order valence-corrected chi connectivity index (χ1v) is 10.2. The molecule has 1 aromatic rings. The lowest BCUT2D eigenvalue weighted by molar-refractivity contribution is -0.00223. The predicted octanol–water partition coefficient (Wildman–Crippen LogP) is 2.94. The minimum absolute atomic E-state index is 0.439. The van der Waals surface area contributed by atoms with Crippen LogP contribution in [0.1, 0.15) is 52.0 Å². The molecule has 2 fully saturated rings. The van der Waals surface area contributed by atoms with E-state index in [1.807, 2.05) is 19.6 Å². The van der Waals surface area contributed by atoms with Gasteiger partial charge in [-0.1, -0.05) is 26.7 Å². The van der Waals surface area contributed by atoms with Gasteiger partial charge in [-0.05, 0) is 31.1 Å². The van der Waals surface area contributed by atoms with Gasteiger partial charge in [-0.3, -0.25) is 4.99 Å². The number of ether oxygens (including phenoxy) is 1. The maximum Gasteiger partial charge on any atom is 0.193 e. The number of likely N-dealkylation sites (tertiary alicyclic amines) is 1. The zero-order chi connectivity index (χ0) is 18.4. The highest BCUT2D eigenvalue weighted by molar-refractivity contribution is 5.80. The molecule has 0 bridgehead atoms. The molecule has 3 rings (SSSR count). The van der Waals surface area contributed by atoms with Crippen molar-refractivity contribution in [3.05, 3.63) is 18.7 Å². The summed E-state index contributed by atoms with van der Waals surface area (Å²) >= 11 is 0. The van der Waals surface area contributed by atoms with Gasteiger partial charge < -0.3 is 19.5 Å². The third-order valence-corrected chi connectivity index (χ3v) is 6.09. The van der Waals surface area contributed by atoms with E-state index in [9.17, 15) is 0 Å². The summed E-state index contributed by atoms with van der Waals surface area (Å²) in [7, 11) is 1.87. The summed E-state index contributed by atoms with van der Waals surface area (Å²) in [5.74, 6) is 2.33. The molecule has 0 spiro atoms. The van der Waals surface area contributed by atoms with Crippen LogP contribution in [0.25, 0.3) is 0 Å². The van der Waals surface area contributed by atoms with Crippen LogP contribution in [0.15, 0.2) is 23.7 Å². The molecule has 1 saturated heterocycles. The summed E-state index contributed by atoms with van der Waals surface area (Å²) < 4.78 is 8.36. The van der Waals surface area contributed by atoms with Crippen LogP contribution in [0.4, 0.5) is 0 Å². The van der Waals surface area contributed by atoms with Crippen LogP contribution >= 0.6 is 0 Å². The molecule has 2 aliphatic rings. The zero-order valence-corrected chi connectivity index (χ0v) is 16.6. The van der Waals surface area contributed by atoms with E-state index in [0.29, 0.717) is 24.0 Å². The van der Waals surface area contributed by atoms with Gasteiger partial charge in [0.1, 0.15) is 0 Å². The van der Waals surface area contributed by atoms with E-state index in [2.05, 4.69) is 44.8 Å². The Balaban J connectivity index is 1.46. The second-order valence-corrected chi connectivity index (χ2v) is 7.93. The zero-order valence-electron chi connectivity index (χ0n) is 16.6. The summed E-state index contributed by atoms with van der Waals surface area (Å²) in [6.07, 6.45) is 12.7. The highest BCUT2D eigenvalue weighted by Crippen LogP contribution is 2.27. The van der Waals surface area contributed by atoms with Gasteiger partial charge in [0.25, 0.3) is 0 Å². The van der Waals surface area contributed by atoms with Crippen LogP contribution in [0.3, 0.4) is 0 Å². The van der Waals surface area contributed by atoms with Gasteiger partial charge in [0, 0.05) is 39.1 Å². The smallest absolute Gasteiger partial charge is 0.193 e. The van der Waals surface area contributed by atoms with Crippen molar-refractivity contribution in [3.63, 3.8) is 0 Å². The van der Waals surface area contributed by atoms with Gasteiger partial charge in [0.2, 0.25) is 0 Å². The van der Waals surface area contributed by atoms with Crippen LogP contribution in [-0.4, -0.2) is 59.8 Å². The molecule has 1 N–H and O–H groups in total. The molecular formula is C20H35N5O. The largest absolute Gasteiger partial charge is 0.376 e. The van der Waals surface area contributed by atoms with Crippen LogP contribution in [0.2, 0.25) is 0 Å². The first-order chi connectivity index (χ1) is 12.7. The molecule has 0 aromatic carbocycles. The van der Waals surface area contributed by atoms with Gasteiger partial charge in [-0.2, -0.15) is 0 Å². The second kappa shape index (κ2) is 9.40. The summed E-state index contributed by atoms with van der Waals surface area (Å²) in [4.78, 5) is 11.1. The summed E-state index contributed by atoms with van der Waals surface area (Å²) in [6.45, 7) is 8.24. The van der Waals surface area contributed by atoms with E-state index in [4.69, 9.17) is 4.74 Å². The summed E-state index contributed by atoms with van der Waals surface area (Å²) in [5, 5.41) is 3.50. The lowest BCUT2D eigenvalue weighted by atomic mass is 9.88. The van der Waals surface area contributed by atoms with E-state index < -0.39 is 0 Å².